The molecule has 2 heterocycles. The lowest BCUT2D eigenvalue weighted by atomic mass is 10.1. The van der Waals surface area contributed by atoms with Crippen LogP contribution in [0.1, 0.15) is 29.3 Å². The van der Waals surface area contributed by atoms with Gasteiger partial charge in [0, 0.05) is 49.9 Å². The molecule has 1 aliphatic heterocycles. The van der Waals surface area contributed by atoms with Crippen LogP contribution in [0, 0.1) is 0 Å². The first kappa shape index (κ1) is 21.7. The molecule has 0 saturated heterocycles. The maximum Gasteiger partial charge on any atom is 0.254 e. The average molecular weight is 433 g/mol. The molecule has 4 rings (SSSR count). The van der Waals surface area contributed by atoms with Gasteiger partial charge in [0.15, 0.2) is 5.82 Å². The lowest BCUT2D eigenvalue weighted by Crippen LogP contribution is -2.37. The molecule has 1 aromatic heterocycles. The summed E-state index contributed by atoms with van der Waals surface area (Å²) in [7, 11) is 2.05. The SMILES string of the molecule is CC(=O)N1CCCN(C)CCN(C(=O)c2cccc(-c3ncn[nH]3)c2)Cc2ccccc21. The Labute approximate surface area is 187 Å². The topological polar surface area (TPSA) is 85.4 Å². The molecule has 1 N–H and O–H groups in total. The summed E-state index contributed by atoms with van der Waals surface area (Å²) in [6.45, 7) is 4.89. The number of likely N-dealkylation sites (N-methyl/N-ethyl adjacent to an activating group) is 1. The first-order valence-corrected chi connectivity index (χ1v) is 10.8. The van der Waals surface area contributed by atoms with Crippen LogP contribution < -0.4 is 4.90 Å². The van der Waals surface area contributed by atoms with E-state index in [1.165, 1.54) is 6.33 Å². The highest BCUT2D eigenvalue weighted by Gasteiger charge is 2.22. The molecule has 0 atom stereocenters. The number of nitrogens with one attached hydrogen (secondary N) is 1. The quantitative estimate of drug-likeness (QED) is 0.673. The van der Waals surface area contributed by atoms with E-state index in [1.54, 1.807) is 6.92 Å². The van der Waals surface area contributed by atoms with Gasteiger partial charge in [0.25, 0.3) is 5.91 Å². The molecule has 0 spiro atoms. The molecule has 0 aliphatic carbocycles. The Kier molecular flexibility index (Phi) is 6.61. The zero-order chi connectivity index (χ0) is 22.5. The molecular formula is C24H28N6O2. The molecule has 0 fully saturated rings. The monoisotopic (exact) mass is 432 g/mol. The second-order valence-corrected chi connectivity index (χ2v) is 8.10. The molecule has 8 heteroatoms. The minimum atomic E-state index is -0.0526. The lowest BCUT2D eigenvalue weighted by Gasteiger charge is -2.27. The van der Waals surface area contributed by atoms with Crippen LogP contribution in [0.25, 0.3) is 11.4 Å². The van der Waals surface area contributed by atoms with Crippen molar-refractivity contribution in [2.24, 2.45) is 0 Å². The number of nitrogens with zero attached hydrogens (tertiary/aromatic N) is 5. The number of para-hydroxylation sites is 1. The Morgan fingerprint density at radius 3 is 2.62 bits per heavy atom. The van der Waals surface area contributed by atoms with Gasteiger partial charge in [-0.05, 0) is 43.8 Å². The number of hydrogen-bond acceptors (Lipinski definition) is 5. The van der Waals surface area contributed by atoms with Crippen LogP contribution in [0.4, 0.5) is 5.69 Å². The number of aromatic amines is 1. The molecule has 1 aliphatic rings. The third kappa shape index (κ3) is 4.86. The van der Waals surface area contributed by atoms with Gasteiger partial charge >= 0.3 is 0 Å². The number of H-pyrrole nitrogens is 1. The first-order chi connectivity index (χ1) is 15.5. The van der Waals surface area contributed by atoms with Gasteiger partial charge in [-0.1, -0.05) is 30.3 Å². The number of carbonyl (C=O) groups excluding carboxylic acids is 2. The third-order valence-corrected chi connectivity index (χ3v) is 5.78. The molecular weight excluding hydrogens is 404 g/mol. The Morgan fingerprint density at radius 1 is 1.00 bits per heavy atom. The standard InChI is InChI=1S/C24H28N6O2/c1-18(31)30-12-6-11-28(2)13-14-29(16-21-7-3-4-10-22(21)30)24(32)20-9-5-8-19(15-20)23-25-17-26-27-23/h3-5,7-10,15,17H,6,11-14,16H2,1-2H3,(H,25,26,27). The summed E-state index contributed by atoms with van der Waals surface area (Å²) in [4.78, 5) is 36.1. The summed E-state index contributed by atoms with van der Waals surface area (Å²) in [5, 5.41) is 6.74. The molecule has 0 radical (unpaired) electrons. The van der Waals surface area contributed by atoms with Crippen LogP contribution in [0.2, 0.25) is 0 Å². The van der Waals surface area contributed by atoms with Crippen molar-refractivity contribution >= 4 is 17.5 Å². The minimum Gasteiger partial charge on any atom is -0.333 e. The Hall–Kier alpha value is -3.52. The summed E-state index contributed by atoms with van der Waals surface area (Å²) >= 11 is 0. The van der Waals surface area contributed by atoms with Crippen molar-refractivity contribution in [3.63, 3.8) is 0 Å². The van der Waals surface area contributed by atoms with E-state index in [0.717, 1.165) is 36.3 Å². The van der Waals surface area contributed by atoms with E-state index < -0.39 is 0 Å². The van der Waals surface area contributed by atoms with Crippen LogP contribution >= 0.6 is 0 Å². The van der Waals surface area contributed by atoms with Gasteiger partial charge < -0.3 is 14.7 Å². The van der Waals surface area contributed by atoms with E-state index in [4.69, 9.17) is 0 Å². The zero-order valence-corrected chi connectivity index (χ0v) is 18.5. The van der Waals surface area contributed by atoms with E-state index in [0.29, 0.717) is 31.0 Å². The molecule has 2 aromatic carbocycles. The van der Waals surface area contributed by atoms with Crippen molar-refractivity contribution in [3.05, 3.63) is 66.0 Å². The van der Waals surface area contributed by atoms with Gasteiger partial charge in [-0.25, -0.2) is 4.98 Å². The summed E-state index contributed by atoms with van der Waals surface area (Å²) in [6, 6.07) is 15.3. The van der Waals surface area contributed by atoms with Gasteiger partial charge in [-0.15, -0.1) is 0 Å². The largest absolute Gasteiger partial charge is 0.333 e. The van der Waals surface area contributed by atoms with Gasteiger partial charge in [0.05, 0.1) is 0 Å². The number of rotatable bonds is 2. The van der Waals surface area contributed by atoms with Crippen molar-refractivity contribution in [2.75, 3.05) is 38.1 Å². The number of fused-ring (bicyclic) bond motifs is 1. The smallest absolute Gasteiger partial charge is 0.254 e. The number of carbonyl (C=O) groups is 2. The predicted molar refractivity (Wildman–Crippen MR) is 123 cm³/mol. The highest BCUT2D eigenvalue weighted by atomic mass is 16.2. The van der Waals surface area contributed by atoms with Gasteiger partial charge in [0.2, 0.25) is 5.91 Å². The van der Waals surface area contributed by atoms with Crippen molar-refractivity contribution in [1.29, 1.82) is 0 Å². The predicted octanol–water partition coefficient (Wildman–Crippen LogP) is 2.80. The van der Waals surface area contributed by atoms with Crippen molar-refractivity contribution in [2.45, 2.75) is 19.9 Å². The summed E-state index contributed by atoms with van der Waals surface area (Å²) in [5.41, 5.74) is 3.24. The van der Waals surface area contributed by atoms with Crippen molar-refractivity contribution in [1.82, 2.24) is 25.0 Å². The maximum atomic E-state index is 13.6. The zero-order valence-electron chi connectivity index (χ0n) is 18.5. The van der Waals surface area contributed by atoms with E-state index in [1.807, 2.05) is 58.3 Å². The molecule has 0 saturated carbocycles. The fraction of sp³-hybridized carbons (Fsp3) is 0.333. The van der Waals surface area contributed by atoms with E-state index in [9.17, 15) is 9.59 Å². The lowest BCUT2D eigenvalue weighted by molar-refractivity contribution is -0.116. The third-order valence-electron chi connectivity index (χ3n) is 5.78. The maximum absolute atomic E-state index is 13.6. The number of benzene rings is 2. The van der Waals surface area contributed by atoms with E-state index in [-0.39, 0.29) is 11.8 Å². The van der Waals surface area contributed by atoms with Crippen LogP contribution in [-0.2, 0) is 11.3 Å². The molecule has 0 bridgehead atoms. The highest BCUT2D eigenvalue weighted by Crippen LogP contribution is 2.25. The highest BCUT2D eigenvalue weighted by molar-refractivity contribution is 5.96. The van der Waals surface area contributed by atoms with Crippen molar-refractivity contribution < 1.29 is 9.59 Å². The summed E-state index contributed by atoms with van der Waals surface area (Å²) in [5.74, 6) is 0.583. The van der Waals surface area contributed by atoms with Gasteiger partial charge in [-0.2, -0.15) is 5.10 Å². The van der Waals surface area contributed by atoms with Crippen LogP contribution in [-0.4, -0.2) is 70.0 Å². The number of amides is 2. The molecule has 3 aromatic rings. The second-order valence-electron chi connectivity index (χ2n) is 8.10. The summed E-state index contributed by atoms with van der Waals surface area (Å²) < 4.78 is 0. The van der Waals surface area contributed by atoms with E-state index in [2.05, 4.69) is 27.1 Å². The second kappa shape index (κ2) is 9.74. The fourth-order valence-electron chi connectivity index (χ4n) is 4.04. The Morgan fingerprint density at radius 2 is 1.84 bits per heavy atom. The summed E-state index contributed by atoms with van der Waals surface area (Å²) in [6.07, 6.45) is 2.32. The Bertz CT molecular complexity index is 1080. The van der Waals surface area contributed by atoms with Crippen LogP contribution in [0.5, 0.6) is 0 Å². The molecule has 166 valence electrons. The van der Waals surface area contributed by atoms with Gasteiger partial charge in [0.1, 0.15) is 6.33 Å². The number of anilines is 1. The fourth-order valence-corrected chi connectivity index (χ4v) is 4.04. The first-order valence-electron chi connectivity index (χ1n) is 10.8. The van der Waals surface area contributed by atoms with E-state index >= 15 is 0 Å². The Balaban J connectivity index is 1.68. The molecule has 2 amide bonds. The van der Waals surface area contributed by atoms with Crippen LogP contribution in [0.15, 0.2) is 54.9 Å². The number of hydrogen-bond donors (Lipinski definition) is 1. The molecule has 0 unspecified atom stereocenters. The normalized spacial score (nSPS) is 15.7. The average Bonchev–Trinajstić information content (AvgIpc) is 3.33. The van der Waals surface area contributed by atoms with Crippen LogP contribution in [0.3, 0.4) is 0 Å². The number of aromatic nitrogens is 3. The van der Waals surface area contributed by atoms with Gasteiger partial charge in [-0.3, -0.25) is 14.7 Å². The molecule has 8 nitrogen and oxygen atoms in total. The molecule has 32 heavy (non-hydrogen) atoms. The minimum absolute atomic E-state index is 0.0111. The van der Waals surface area contributed by atoms with Crippen molar-refractivity contribution in [3.8, 4) is 11.4 Å².